The molecule has 0 rings (SSSR count). The highest BCUT2D eigenvalue weighted by molar-refractivity contribution is 5.79. The van der Waals surface area contributed by atoms with Crippen LogP contribution in [0.4, 0.5) is 0 Å². The lowest BCUT2D eigenvalue weighted by molar-refractivity contribution is 0.130. The van der Waals surface area contributed by atoms with Gasteiger partial charge in [0.2, 0.25) is 0 Å². The van der Waals surface area contributed by atoms with Gasteiger partial charge in [0.25, 0.3) is 0 Å². The predicted molar refractivity (Wildman–Crippen MR) is 88.4 cm³/mol. The molecule has 0 radical (unpaired) electrons. The van der Waals surface area contributed by atoms with E-state index in [1.54, 1.807) is 0 Å². The summed E-state index contributed by atoms with van der Waals surface area (Å²) in [4.78, 5) is 6.82. The van der Waals surface area contributed by atoms with Crippen LogP contribution < -0.4 is 5.32 Å². The second-order valence-corrected chi connectivity index (χ2v) is 4.91. The molecule has 0 aromatic carbocycles. The molecule has 0 amide bonds. The van der Waals surface area contributed by atoms with Crippen LogP contribution >= 0.6 is 0 Å². The minimum absolute atomic E-state index is 0.809. The topological polar surface area (TPSA) is 36.9 Å². The third kappa shape index (κ3) is 10.9. The van der Waals surface area contributed by atoms with E-state index in [2.05, 4.69) is 42.7 Å². The molecule has 4 heteroatoms. The number of hydrogen-bond acceptors (Lipinski definition) is 2. The molecule has 0 aromatic heterocycles. The molecule has 20 heavy (non-hydrogen) atoms. The van der Waals surface area contributed by atoms with Gasteiger partial charge in [0, 0.05) is 39.9 Å². The number of ether oxygens (including phenoxy) is 1. The predicted octanol–water partition coefficient (Wildman–Crippen LogP) is 3.06. The van der Waals surface area contributed by atoms with Gasteiger partial charge in [-0.3, -0.25) is 4.99 Å². The molecule has 4 nitrogen and oxygen atoms in total. The van der Waals surface area contributed by atoms with Crippen LogP contribution in [0, 0.1) is 0 Å². The van der Waals surface area contributed by atoms with E-state index in [1.807, 2.05) is 6.08 Å². The van der Waals surface area contributed by atoms with Crippen molar-refractivity contribution in [3.63, 3.8) is 0 Å². The van der Waals surface area contributed by atoms with Crippen LogP contribution in [0.15, 0.2) is 17.6 Å². The molecule has 0 aliphatic rings. The maximum absolute atomic E-state index is 5.54. The summed E-state index contributed by atoms with van der Waals surface area (Å²) >= 11 is 0. The van der Waals surface area contributed by atoms with Crippen molar-refractivity contribution < 1.29 is 4.74 Å². The zero-order valence-electron chi connectivity index (χ0n) is 13.7. The Bertz CT molecular complexity index is 254. The molecule has 0 fully saturated rings. The molecular formula is C16H33N3O. The van der Waals surface area contributed by atoms with E-state index in [4.69, 9.17) is 4.74 Å². The highest BCUT2D eigenvalue weighted by atomic mass is 16.5. The fourth-order valence-corrected chi connectivity index (χ4v) is 1.75. The Morgan fingerprint density at radius 3 is 2.65 bits per heavy atom. The van der Waals surface area contributed by atoms with Gasteiger partial charge in [-0.2, -0.15) is 0 Å². The van der Waals surface area contributed by atoms with Crippen molar-refractivity contribution in [3.8, 4) is 0 Å². The molecule has 0 spiro atoms. The number of nitrogens with zero attached hydrogens (tertiary/aromatic N) is 2. The average molecular weight is 283 g/mol. The molecule has 0 aliphatic carbocycles. The Morgan fingerprint density at radius 1 is 1.25 bits per heavy atom. The van der Waals surface area contributed by atoms with Crippen molar-refractivity contribution in [2.75, 3.05) is 39.9 Å². The van der Waals surface area contributed by atoms with Crippen molar-refractivity contribution in [3.05, 3.63) is 12.7 Å². The number of nitrogens with one attached hydrogen (secondary N) is 1. The second kappa shape index (κ2) is 14.4. The minimum atomic E-state index is 0.809. The van der Waals surface area contributed by atoms with Gasteiger partial charge >= 0.3 is 0 Å². The SMILES string of the molecule is C=CCCCN(C)C(=NCCCOCCCC)NCC. The summed E-state index contributed by atoms with van der Waals surface area (Å²) in [5.41, 5.74) is 0. The number of hydrogen-bond donors (Lipinski definition) is 1. The lowest BCUT2D eigenvalue weighted by Gasteiger charge is -2.21. The Morgan fingerprint density at radius 2 is 2.00 bits per heavy atom. The number of guanidine groups is 1. The van der Waals surface area contributed by atoms with Crippen molar-refractivity contribution in [2.45, 2.75) is 46.0 Å². The highest BCUT2D eigenvalue weighted by Crippen LogP contribution is 1.96. The van der Waals surface area contributed by atoms with Crippen molar-refractivity contribution in [1.29, 1.82) is 0 Å². The van der Waals surface area contributed by atoms with Crippen LogP contribution in [0.25, 0.3) is 0 Å². The van der Waals surface area contributed by atoms with Crippen molar-refractivity contribution in [1.82, 2.24) is 10.2 Å². The molecule has 0 heterocycles. The van der Waals surface area contributed by atoms with E-state index in [0.29, 0.717) is 0 Å². The number of allylic oxidation sites excluding steroid dienone is 1. The van der Waals surface area contributed by atoms with E-state index in [1.165, 1.54) is 6.42 Å². The zero-order valence-corrected chi connectivity index (χ0v) is 13.7. The first-order valence-electron chi connectivity index (χ1n) is 7.94. The van der Waals surface area contributed by atoms with E-state index in [9.17, 15) is 0 Å². The summed E-state index contributed by atoms with van der Waals surface area (Å²) < 4.78 is 5.54. The van der Waals surface area contributed by atoms with Crippen LogP contribution in [0.3, 0.4) is 0 Å². The first kappa shape index (κ1) is 19.0. The number of aliphatic imine (C=N–C) groups is 1. The molecule has 1 N–H and O–H groups in total. The van der Waals surface area contributed by atoms with E-state index in [0.717, 1.165) is 64.5 Å². The first-order chi connectivity index (χ1) is 9.76. The second-order valence-electron chi connectivity index (χ2n) is 4.91. The summed E-state index contributed by atoms with van der Waals surface area (Å²) in [7, 11) is 2.09. The quantitative estimate of drug-likeness (QED) is 0.259. The third-order valence-corrected chi connectivity index (χ3v) is 2.95. The van der Waals surface area contributed by atoms with Gasteiger partial charge in [0.05, 0.1) is 0 Å². The summed E-state index contributed by atoms with van der Waals surface area (Å²) in [5, 5.41) is 3.33. The maximum atomic E-state index is 5.54. The molecule has 0 bridgehead atoms. The Balaban J connectivity index is 3.90. The van der Waals surface area contributed by atoms with E-state index < -0.39 is 0 Å². The Hall–Kier alpha value is -1.03. The Kier molecular flexibility index (Phi) is 13.6. The molecule has 0 unspecified atom stereocenters. The lowest BCUT2D eigenvalue weighted by atomic mass is 10.3. The van der Waals surface area contributed by atoms with Crippen LogP contribution in [0.1, 0.15) is 46.0 Å². The minimum Gasteiger partial charge on any atom is -0.381 e. The van der Waals surface area contributed by atoms with Crippen LogP contribution in [0.2, 0.25) is 0 Å². The average Bonchev–Trinajstić information content (AvgIpc) is 2.45. The fraction of sp³-hybridized carbons (Fsp3) is 0.812. The van der Waals surface area contributed by atoms with Gasteiger partial charge in [0.15, 0.2) is 5.96 Å². The number of rotatable bonds is 12. The van der Waals surface area contributed by atoms with Gasteiger partial charge in [-0.1, -0.05) is 19.4 Å². The standard InChI is InChI=1S/C16H33N3O/c1-5-8-10-13-19(4)16(17-7-3)18-12-11-15-20-14-9-6-2/h5H,1,6-15H2,2-4H3,(H,17,18). The molecule has 0 saturated heterocycles. The van der Waals surface area contributed by atoms with Crippen molar-refractivity contribution >= 4 is 5.96 Å². The van der Waals surface area contributed by atoms with E-state index in [-0.39, 0.29) is 0 Å². The fourth-order valence-electron chi connectivity index (χ4n) is 1.75. The third-order valence-electron chi connectivity index (χ3n) is 2.95. The smallest absolute Gasteiger partial charge is 0.193 e. The van der Waals surface area contributed by atoms with E-state index >= 15 is 0 Å². The first-order valence-corrected chi connectivity index (χ1v) is 7.94. The largest absolute Gasteiger partial charge is 0.381 e. The Labute approximate surface area is 125 Å². The molecular weight excluding hydrogens is 250 g/mol. The molecule has 118 valence electrons. The van der Waals surface area contributed by atoms with Gasteiger partial charge in [-0.15, -0.1) is 6.58 Å². The number of unbranched alkanes of at least 4 members (excludes halogenated alkanes) is 2. The summed E-state index contributed by atoms with van der Waals surface area (Å²) in [6.45, 7) is 12.4. The normalized spacial score (nSPS) is 11.4. The zero-order chi connectivity index (χ0) is 15.1. The highest BCUT2D eigenvalue weighted by Gasteiger charge is 2.03. The maximum Gasteiger partial charge on any atom is 0.193 e. The van der Waals surface area contributed by atoms with Gasteiger partial charge in [-0.25, -0.2) is 0 Å². The van der Waals surface area contributed by atoms with Crippen molar-refractivity contribution in [2.24, 2.45) is 4.99 Å². The molecule has 0 aliphatic heterocycles. The van der Waals surface area contributed by atoms with Crippen LogP contribution in [0.5, 0.6) is 0 Å². The van der Waals surface area contributed by atoms with Crippen LogP contribution in [-0.2, 0) is 4.74 Å². The van der Waals surface area contributed by atoms with Crippen LogP contribution in [-0.4, -0.2) is 50.8 Å². The molecule has 0 atom stereocenters. The summed E-state index contributed by atoms with van der Waals surface area (Å²) in [6.07, 6.45) is 7.46. The molecule has 0 aromatic rings. The summed E-state index contributed by atoms with van der Waals surface area (Å²) in [6, 6.07) is 0. The lowest BCUT2D eigenvalue weighted by Crippen LogP contribution is -2.39. The van der Waals surface area contributed by atoms with Gasteiger partial charge in [0.1, 0.15) is 0 Å². The van der Waals surface area contributed by atoms with Gasteiger partial charge < -0.3 is 15.0 Å². The molecule has 0 saturated carbocycles. The van der Waals surface area contributed by atoms with Gasteiger partial charge in [-0.05, 0) is 32.6 Å². The summed E-state index contributed by atoms with van der Waals surface area (Å²) in [5.74, 6) is 0.991. The monoisotopic (exact) mass is 283 g/mol.